The van der Waals surface area contributed by atoms with E-state index in [0.29, 0.717) is 22.2 Å². The number of nitrogens with zero attached hydrogens (tertiary/aromatic N) is 2. The zero-order chi connectivity index (χ0) is 19.7. The normalized spacial score (nSPS) is 27.2. The Morgan fingerprint density at radius 2 is 1.52 bits per heavy atom. The Morgan fingerprint density at radius 1 is 0.862 bits per heavy atom. The Labute approximate surface area is 165 Å². The summed E-state index contributed by atoms with van der Waals surface area (Å²) in [6.45, 7) is 0. The van der Waals surface area contributed by atoms with Crippen LogP contribution in [-0.2, 0) is 9.59 Å². The summed E-state index contributed by atoms with van der Waals surface area (Å²) in [6, 6.07) is 13.9. The summed E-state index contributed by atoms with van der Waals surface area (Å²) in [7, 11) is 0. The molecule has 1 aromatic heterocycles. The molecular formula is C23H16N2O4. The summed E-state index contributed by atoms with van der Waals surface area (Å²) in [5.74, 6) is -0.100. The zero-order valence-corrected chi connectivity index (χ0v) is 15.3. The zero-order valence-electron chi connectivity index (χ0n) is 15.3. The van der Waals surface area contributed by atoms with Gasteiger partial charge in [0.1, 0.15) is 0 Å². The molecule has 6 heteroatoms. The van der Waals surface area contributed by atoms with Gasteiger partial charge in [0, 0.05) is 5.56 Å². The standard InChI is InChI=1S/C23H16N2O4/c26-21-18-13-5-6-14(11-13)19(18)22(27)25(21)15-9-7-12(8-10-15)20-24-17-4-2-1-3-16(17)23(28)29-20/h1-10,13-14,18-19H,11H2/t13-,14-,18-,19+/m0/s1. The van der Waals surface area contributed by atoms with Gasteiger partial charge in [-0.25, -0.2) is 9.78 Å². The van der Waals surface area contributed by atoms with E-state index < -0.39 is 5.63 Å². The molecule has 29 heavy (non-hydrogen) atoms. The molecule has 1 saturated carbocycles. The summed E-state index contributed by atoms with van der Waals surface area (Å²) >= 11 is 0. The first-order valence-corrected chi connectivity index (χ1v) is 9.68. The average molecular weight is 384 g/mol. The van der Waals surface area contributed by atoms with Crippen molar-refractivity contribution in [2.45, 2.75) is 6.42 Å². The lowest BCUT2D eigenvalue weighted by Gasteiger charge is -2.17. The highest BCUT2D eigenvalue weighted by molar-refractivity contribution is 6.22. The van der Waals surface area contributed by atoms with Gasteiger partial charge in [0.15, 0.2) is 0 Å². The van der Waals surface area contributed by atoms with E-state index in [1.807, 2.05) is 6.07 Å². The van der Waals surface area contributed by atoms with Gasteiger partial charge in [-0.3, -0.25) is 14.5 Å². The summed E-state index contributed by atoms with van der Waals surface area (Å²) in [5, 5.41) is 0.427. The van der Waals surface area contributed by atoms with E-state index in [9.17, 15) is 14.4 Å². The summed E-state index contributed by atoms with van der Waals surface area (Å²) in [4.78, 5) is 43.8. The first-order valence-electron chi connectivity index (χ1n) is 9.68. The molecule has 2 aliphatic carbocycles. The van der Waals surface area contributed by atoms with Crippen molar-refractivity contribution in [3.05, 3.63) is 71.1 Å². The van der Waals surface area contributed by atoms with E-state index in [2.05, 4.69) is 17.1 Å². The van der Waals surface area contributed by atoms with Gasteiger partial charge in [-0.05, 0) is 54.7 Å². The van der Waals surface area contributed by atoms with Crippen LogP contribution in [0.4, 0.5) is 5.69 Å². The lowest BCUT2D eigenvalue weighted by molar-refractivity contribution is -0.123. The molecule has 2 aromatic carbocycles. The fraction of sp³-hybridized carbons (Fsp3) is 0.217. The van der Waals surface area contributed by atoms with Crippen LogP contribution in [0.25, 0.3) is 22.4 Å². The number of aromatic nitrogens is 1. The lowest BCUT2D eigenvalue weighted by atomic mass is 9.85. The molecule has 1 saturated heterocycles. The van der Waals surface area contributed by atoms with Crippen molar-refractivity contribution in [1.82, 2.24) is 4.98 Å². The predicted octanol–water partition coefficient (Wildman–Crippen LogP) is 3.17. The molecule has 0 spiro atoms. The van der Waals surface area contributed by atoms with Gasteiger partial charge >= 0.3 is 5.63 Å². The van der Waals surface area contributed by atoms with Crippen molar-refractivity contribution >= 4 is 28.4 Å². The number of carbonyl (C=O) groups excluding carboxylic acids is 2. The molecule has 2 fully saturated rings. The van der Waals surface area contributed by atoms with Crippen LogP contribution in [-0.4, -0.2) is 16.8 Å². The molecule has 142 valence electrons. The van der Waals surface area contributed by atoms with Crippen LogP contribution in [0.2, 0.25) is 0 Å². The molecule has 0 unspecified atom stereocenters. The van der Waals surface area contributed by atoms with E-state index >= 15 is 0 Å². The molecule has 0 radical (unpaired) electrons. The second-order valence-electron chi connectivity index (χ2n) is 7.88. The van der Waals surface area contributed by atoms with Crippen molar-refractivity contribution in [2.24, 2.45) is 23.7 Å². The quantitative estimate of drug-likeness (QED) is 0.501. The molecule has 1 aliphatic heterocycles. The number of anilines is 1. The van der Waals surface area contributed by atoms with Crippen molar-refractivity contribution in [3.8, 4) is 11.5 Å². The maximum Gasteiger partial charge on any atom is 0.347 e. The molecule has 6 nitrogen and oxygen atoms in total. The molecule has 6 rings (SSSR count). The number of amides is 2. The predicted molar refractivity (Wildman–Crippen MR) is 106 cm³/mol. The SMILES string of the molecule is O=C1[C@@H]2[C@H](C(=O)N1c1ccc(-c3nc4ccccc4c(=O)o3)cc1)[C@H]1C=C[C@H]2C1. The Morgan fingerprint density at radius 3 is 2.21 bits per heavy atom. The second kappa shape index (κ2) is 5.73. The Kier molecular flexibility index (Phi) is 3.25. The largest absolute Gasteiger partial charge is 0.403 e. The first kappa shape index (κ1) is 16.4. The molecular weight excluding hydrogens is 368 g/mol. The minimum absolute atomic E-state index is 0.111. The Balaban J connectivity index is 1.35. The third kappa shape index (κ3) is 2.23. The number of imide groups is 1. The smallest absolute Gasteiger partial charge is 0.347 e. The molecule has 4 atom stereocenters. The van der Waals surface area contributed by atoms with Crippen LogP contribution >= 0.6 is 0 Å². The number of benzene rings is 2. The summed E-state index contributed by atoms with van der Waals surface area (Å²) in [5.41, 5.74) is 1.26. The maximum absolute atomic E-state index is 12.9. The van der Waals surface area contributed by atoms with E-state index in [0.717, 1.165) is 6.42 Å². The molecule has 2 bridgehead atoms. The van der Waals surface area contributed by atoms with Crippen LogP contribution in [0.3, 0.4) is 0 Å². The highest BCUT2D eigenvalue weighted by atomic mass is 16.4. The maximum atomic E-state index is 12.9. The van der Waals surface area contributed by atoms with Crippen molar-refractivity contribution in [2.75, 3.05) is 4.90 Å². The minimum Gasteiger partial charge on any atom is -0.403 e. The third-order valence-corrected chi connectivity index (χ3v) is 6.38. The summed E-state index contributed by atoms with van der Waals surface area (Å²) < 4.78 is 5.36. The average Bonchev–Trinajstić information content (AvgIpc) is 3.42. The van der Waals surface area contributed by atoms with E-state index in [-0.39, 0.29) is 41.4 Å². The first-order chi connectivity index (χ1) is 14.1. The van der Waals surface area contributed by atoms with Crippen LogP contribution in [0, 0.1) is 23.7 Å². The Bertz CT molecular complexity index is 1240. The van der Waals surface area contributed by atoms with Gasteiger partial charge in [0.2, 0.25) is 17.7 Å². The number of fused-ring (bicyclic) bond motifs is 6. The molecule has 2 amide bonds. The van der Waals surface area contributed by atoms with Crippen LogP contribution < -0.4 is 10.5 Å². The molecule has 2 heterocycles. The van der Waals surface area contributed by atoms with E-state index in [1.165, 1.54) is 4.90 Å². The van der Waals surface area contributed by atoms with Gasteiger partial charge in [-0.1, -0.05) is 24.3 Å². The van der Waals surface area contributed by atoms with Crippen molar-refractivity contribution < 1.29 is 14.0 Å². The lowest BCUT2D eigenvalue weighted by Crippen LogP contribution is -2.32. The van der Waals surface area contributed by atoms with Gasteiger partial charge in [-0.15, -0.1) is 0 Å². The third-order valence-electron chi connectivity index (χ3n) is 6.38. The van der Waals surface area contributed by atoms with Crippen molar-refractivity contribution in [3.63, 3.8) is 0 Å². The fourth-order valence-corrected chi connectivity index (χ4v) is 5.05. The summed E-state index contributed by atoms with van der Waals surface area (Å²) in [6.07, 6.45) is 5.07. The highest BCUT2D eigenvalue weighted by Gasteiger charge is 2.59. The van der Waals surface area contributed by atoms with Gasteiger partial charge in [0.05, 0.1) is 28.4 Å². The van der Waals surface area contributed by atoms with E-state index in [1.54, 1.807) is 42.5 Å². The number of hydrogen-bond donors (Lipinski definition) is 0. The number of rotatable bonds is 2. The monoisotopic (exact) mass is 384 g/mol. The Hall–Kier alpha value is -3.54. The number of hydrogen-bond acceptors (Lipinski definition) is 5. The van der Waals surface area contributed by atoms with Crippen LogP contribution in [0.1, 0.15) is 6.42 Å². The minimum atomic E-state index is -0.449. The number of allylic oxidation sites excluding steroid dienone is 2. The highest BCUT2D eigenvalue weighted by Crippen LogP contribution is 2.53. The van der Waals surface area contributed by atoms with Gasteiger partial charge in [0.25, 0.3) is 0 Å². The molecule has 3 aromatic rings. The van der Waals surface area contributed by atoms with Crippen molar-refractivity contribution in [1.29, 1.82) is 0 Å². The number of para-hydroxylation sites is 1. The molecule has 0 N–H and O–H groups in total. The van der Waals surface area contributed by atoms with Crippen LogP contribution in [0.15, 0.2) is 69.9 Å². The fourth-order valence-electron chi connectivity index (χ4n) is 5.05. The molecule has 3 aliphatic rings. The van der Waals surface area contributed by atoms with Crippen LogP contribution in [0.5, 0.6) is 0 Å². The van der Waals surface area contributed by atoms with Gasteiger partial charge < -0.3 is 4.42 Å². The van der Waals surface area contributed by atoms with Gasteiger partial charge in [-0.2, -0.15) is 0 Å². The topological polar surface area (TPSA) is 80.5 Å². The number of carbonyl (C=O) groups is 2. The van der Waals surface area contributed by atoms with E-state index in [4.69, 9.17) is 4.42 Å². The second-order valence-corrected chi connectivity index (χ2v) is 7.88.